The third-order valence-corrected chi connectivity index (χ3v) is 3.51. The Morgan fingerprint density at radius 2 is 1.75 bits per heavy atom. The second-order valence-corrected chi connectivity index (χ2v) is 5.12. The van der Waals surface area contributed by atoms with Gasteiger partial charge in [0.15, 0.2) is 0 Å². The van der Waals surface area contributed by atoms with E-state index < -0.39 is 0 Å². The lowest BCUT2D eigenvalue weighted by atomic mass is 10.1. The van der Waals surface area contributed by atoms with Crippen molar-refractivity contribution in [2.75, 3.05) is 39.9 Å². The molecule has 1 rings (SSSR count). The first-order chi connectivity index (χ1) is 11.1. The molecule has 0 bridgehead atoms. The van der Waals surface area contributed by atoms with E-state index in [1.807, 2.05) is 26.0 Å². The lowest BCUT2D eigenvalue weighted by Gasteiger charge is -2.18. The number of benzene rings is 1. The van der Waals surface area contributed by atoms with E-state index in [4.69, 9.17) is 4.74 Å². The highest BCUT2D eigenvalue weighted by Gasteiger charge is 2.11. The topological polar surface area (TPSA) is 70.7 Å². The van der Waals surface area contributed by atoms with Crippen LogP contribution in [0.25, 0.3) is 0 Å². The van der Waals surface area contributed by atoms with Crippen LogP contribution >= 0.6 is 12.4 Å². The number of amides is 2. The minimum absolute atomic E-state index is 0. The van der Waals surface area contributed by atoms with Crippen LogP contribution in [0, 0.1) is 0 Å². The molecule has 24 heavy (non-hydrogen) atoms. The standard InChI is InChI=1S/C17H27N3O3.ClH/c1-4-20(5-2)17(22)15-8-6-14(7-9-15)12-19-16(21)13-18-10-11-23-3;/h6-9,18H,4-5,10-13H2,1-3H3,(H,19,21);1H. The molecule has 0 aliphatic carbocycles. The van der Waals surface area contributed by atoms with Crippen molar-refractivity contribution < 1.29 is 14.3 Å². The van der Waals surface area contributed by atoms with Crippen LogP contribution < -0.4 is 10.6 Å². The van der Waals surface area contributed by atoms with Gasteiger partial charge in [0.1, 0.15) is 0 Å². The largest absolute Gasteiger partial charge is 0.383 e. The van der Waals surface area contributed by atoms with Crippen LogP contribution in [0.3, 0.4) is 0 Å². The van der Waals surface area contributed by atoms with Crippen molar-refractivity contribution >= 4 is 24.2 Å². The summed E-state index contributed by atoms with van der Waals surface area (Å²) in [6, 6.07) is 7.35. The number of carbonyl (C=O) groups is 2. The van der Waals surface area contributed by atoms with Crippen molar-refractivity contribution in [2.45, 2.75) is 20.4 Å². The molecule has 0 unspecified atom stereocenters. The highest BCUT2D eigenvalue weighted by Crippen LogP contribution is 2.07. The summed E-state index contributed by atoms with van der Waals surface area (Å²) in [5.74, 6) is -0.0303. The number of ether oxygens (including phenoxy) is 1. The minimum atomic E-state index is -0.0654. The number of nitrogens with zero attached hydrogens (tertiary/aromatic N) is 1. The Morgan fingerprint density at radius 3 is 2.29 bits per heavy atom. The van der Waals surface area contributed by atoms with Crippen LogP contribution in [-0.4, -0.2) is 56.6 Å². The number of carbonyl (C=O) groups excluding carboxylic acids is 2. The second kappa shape index (κ2) is 12.8. The Hall–Kier alpha value is -1.63. The number of nitrogens with one attached hydrogen (secondary N) is 2. The average molecular weight is 358 g/mol. The van der Waals surface area contributed by atoms with Crippen LogP contribution in [0.1, 0.15) is 29.8 Å². The van der Waals surface area contributed by atoms with Crippen molar-refractivity contribution in [3.05, 3.63) is 35.4 Å². The van der Waals surface area contributed by atoms with E-state index in [0.29, 0.717) is 38.3 Å². The number of methoxy groups -OCH3 is 1. The Morgan fingerprint density at radius 1 is 1.12 bits per heavy atom. The Kier molecular flexibility index (Phi) is 11.9. The highest BCUT2D eigenvalue weighted by molar-refractivity contribution is 5.94. The summed E-state index contributed by atoms with van der Waals surface area (Å²) in [5, 5.41) is 5.82. The molecule has 0 heterocycles. The number of hydrogen-bond acceptors (Lipinski definition) is 4. The molecule has 1 aromatic rings. The zero-order chi connectivity index (χ0) is 17.1. The summed E-state index contributed by atoms with van der Waals surface area (Å²) in [5.41, 5.74) is 1.64. The fraction of sp³-hybridized carbons (Fsp3) is 0.529. The molecular weight excluding hydrogens is 330 g/mol. The van der Waals surface area contributed by atoms with Gasteiger partial charge in [0.25, 0.3) is 5.91 Å². The van der Waals surface area contributed by atoms with Gasteiger partial charge in [-0.2, -0.15) is 0 Å². The zero-order valence-corrected chi connectivity index (χ0v) is 15.4. The van der Waals surface area contributed by atoms with E-state index in [-0.39, 0.29) is 30.8 Å². The summed E-state index contributed by atoms with van der Waals surface area (Å²) < 4.78 is 4.89. The summed E-state index contributed by atoms with van der Waals surface area (Å²) >= 11 is 0. The van der Waals surface area contributed by atoms with Crippen LogP contribution in [-0.2, 0) is 16.1 Å². The number of rotatable bonds is 10. The highest BCUT2D eigenvalue weighted by atomic mass is 35.5. The Balaban J connectivity index is 0.00000529. The van der Waals surface area contributed by atoms with Crippen molar-refractivity contribution in [3.63, 3.8) is 0 Å². The molecule has 0 fully saturated rings. The second-order valence-electron chi connectivity index (χ2n) is 5.12. The van der Waals surface area contributed by atoms with Crippen molar-refractivity contribution in [1.29, 1.82) is 0 Å². The molecule has 0 saturated carbocycles. The summed E-state index contributed by atoms with van der Waals surface area (Å²) in [4.78, 5) is 25.6. The van der Waals surface area contributed by atoms with Gasteiger partial charge in [-0.3, -0.25) is 9.59 Å². The first kappa shape index (κ1) is 22.4. The SMILES string of the molecule is CCN(CC)C(=O)c1ccc(CNC(=O)CNCCOC)cc1.Cl. The summed E-state index contributed by atoms with van der Waals surface area (Å²) in [6.07, 6.45) is 0. The van der Waals surface area contributed by atoms with Gasteiger partial charge in [0.2, 0.25) is 5.91 Å². The maximum absolute atomic E-state index is 12.2. The number of hydrogen-bond donors (Lipinski definition) is 2. The lowest BCUT2D eigenvalue weighted by molar-refractivity contribution is -0.120. The monoisotopic (exact) mass is 357 g/mol. The van der Waals surface area contributed by atoms with Crippen molar-refractivity contribution in [2.24, 2.45) is 0 Å². The zero-order valence-electron chi connectivity index (χ0n) is 14.6. The van der Waals surface area contributed by atoms with Gasteiger partial charge in [-0.25, -0.2) is 0 Å². The first-order valence-corrected chi connectivity index (χ1v) is 7.96. The van der Waals surface area contributed by atoms with E-state index in [1.54, 1.807) is 24.1 Å². The van der Waals surface area contributed by atoms with Gasteiger partial charge >= 0.3 is 0 Å². The van der Waals surface area contributed by atoms with E-state index in [1.165, 1.54) is 0 Å². The van der Waals surface area contributed by atoms with Crippen LogP contribution in [0.2, 0.25) is 0 Å². The van der Waals surface area contributed by atoms with E-state index in [0.717, 1.165) is 5.56 Å². The lowest BCUT2D eigenvalue weighted by Crippen LogP contribution is -2.34. The first-order valence-electron chi connectivity index (χ1n) is 7.96. The molecule has 0 atom stereocenters. The molecule has 0 aromatic heterocycles. The fourth-order valence-corrected chi connectivity index (χ4v) is 2.10. The predicted molar refractivity (Wildman–Crippen MR) is 97.5 cm³/mol. The normalized spacial score (nSPS) is 9.96. The molecule has 2 N–H and O–H groups in total. The quantitative estimate of drug-likeness (QED) is 0.622. The van der Waals surface area contributed by atoms with Crippen LogP contribution in [0.5, 0.6) is 0 Å². The predicted octanol–water partition coefficient (Wildman–Crippen LogP) is 1.44. The van der Waals surface area contributed by atoms with Crippen LogP contribution in [0.15, 0.2) is 24.3 Å². The van der Waals surface area contributed by atoms with E-state index >= 15 is 0 Å². The summed E-state index contributed by atoms with van der Waals surface area (Å²) in [6.45, 7) is 7.26. The smallest absolute Gasteiger partial charge is 0.253 e. The molecule has 0 aliphatic rings. The van der Waals surface area contributed by atoms with Gasteiger partial charge in [-0.1, -0.05) is 12.1 Å². The minimum Gasteiger partial charge on any atom is -0.383 e. The molecule has 1 aromatic carbocycles. The molecule has 2 amide bonds. The summed E-state index contributed by atoms with van der Waals surface area (Å²) in [7, 11) is 1.62. The molecule has 0 aliphatic heterocycles. The molecule has 136 valence electrons. The molecule has 0 saturated heterocycles. The average Bonchev–Trinajstić information content (AvgIpc) is 2.58. The maximum Gasteiger partial charge on any atom is 0.253 e. The molecule has 0 radical (unpaired) electrons. The molecular formula is C17H28ClN3O3. The maximum atomic E-state index is 12.2. The van der Waals surface area contributed by atoms with Gasteiger partial charge < -0.3 is 20.3 Å². The van der Waals surface area contributed by atoms with Crippen molar-refractivity contribution in [3.8, 4) is 0 Å². The van der Waals surface area contributed by atoms with Crippen molar-refractivity contribution in [1.82, 2.24) is 15.5 Å². The Bertz CT molecular complexity index is 490. The van der Waals surface area contributed by atoms with Gasteiger partial charge in [-0.05, 0) is 31.5 Å². The number of halogens is 1. The van der Waals surface area contributed by atoms with Crippen LogP contribution in [0.4, 0.5) is 0 Å². The Labute approximate surface area is 150 Å². The van der Waals surface area contributed by atoms with E-state index in [9.17, 15) is 9.59 Å². The van der Waals surface area contributed by atoms with Gasteiger partial charge in [0.05, 0.1) is 13.2 Å². The molecule has 0 spiro atoms. The molecule has 6 nitrogen and oxygen atoms in total. The third-order valence-electron chi connectivity index (χ3n) is 3.51. The third kappa shape index (κ3) is 7.77. The van der Waals surface area contributed by atoms with Gasteiger partial charge in [0, 0.05) is 38.9 Å². The van der Waals surface area contributed by atoms with Gasteiger partial charge in [-0.15, -0.1) is 12.4 Å². The molecule has 7 heteroatoms. The van der Waals surface area contributed by atoms with E-state index in [2.05, 4.69) is 10.6 Å². The fourth-order valence-electron chi connectivity index (χ4n) is 2.10.